The van der Waals surface area contributed by atoms with E-state index in [-0.39, 0.29) is 12.3 Å². The van der Waals surface area contributed by atoms with Crippen molar-refractivity contribution in [2.45, 2.75) is 31.8 Å². The standard InChI is InChI=1S/C9H16N2O2S2/c1-6(4-10)15(12,13)5-9-11-7(2)8(3)14-9/h6H,4-5,10H2,1-3H3. The molecule has 0 amide bonds. The van der Waals surface area contributed by atoms with Crippen molar-refractivity contribution in [1.29, 1.82) is 0 Å². The van der Waals surface area contributed by atoms with Gasteiger partial charge in [0.2, 0.25) is 0 Å². The number of thiazole rings is 1. The van der Waals surface area contributed by atoms with Gasteiger partial charge >= 0.3 is 0 Å². The second kappa shape index (κ2) is 4.59. The van der Waals surface area contributed by atoms with Crippen LogP contribution in [-0.4, -0.2) is 25.2 Å². The lowest BCUT2D eigenvalue weighted by molar-refractivity contribution is 0.583. The third-order valence-electron chi connectivity index (χ3n) is 2.34. The molecule has 1 atom stereocenters. The molecule has 1 rings (SSSR count). The number of aromatic nitrogens is 1. The summed E-state index contributed by atoms with van der Waals surface area (Å²) in [5.41, 5.74) is 6.26. The summed E-state index contributed by atoms with van der Waals surface area (Å²) >= 11 is 1.44. The maximum Gasteiger partial charge on any atom is 0.160 e. The Morgan fingerprint density at radius 1 is 1.47 bits per heavy atom. The van der Waals surface area contributed by atoms with Gasteiger partial charge in [0.05, 0.1) is 10.9 Å². The van der Waals surface area contributed by atoms with E-state index in [0.717, 1.165) is 10.6 Å². The topological polar surface area (TPSA) is 73.0 Å². The molecule has 2 N–H and O–H groups in total. The molecule has 0 fully saturated rings. The largest absolute Gasteiger partial charge is 0.329 e. The third kappa shape index (κ3) is 2.99. The Morgan fingerprint density at radius 3 is 2.47 bits per heavy atom. The summed E-state index contributed by atoms with van der Waals surface area (Å²) in [4.78, 5) is 5.28. The first kappa shape index (κ1) is 12.6. The van der Waals surface area contributed by atoms with Crippen molar-refractivity contribution in [3.8, 4) is 0 Å². The van der Waals surface area contributed by atoms with Crippen LogP contribution < -0.4 is 5.73 Å². The molecule has 0 aliphatic carbocycles. The zero-order valence-corrected chi connectivity index (χ0v) is 10.8. The second-order valence-electron chi connectivity index (χ2n) is 3.60. The lowest BCUT2D eigenvalue weighted by Gasteiger charge is -2.08. The van der Waals surface area contributed by atoms with Crippen LogP contribution in [-0.2, 0) is 15.6 Å². The van der Waals surface area contributed by atoms with E-state index in [9.17, 15) is 8.42 Å². The van der Waals surface area contributed by atoms with E-state index in [1.54, 1.807) is 6.92 Å². The van der Waals surface area contributed by atoms with Gasteiger partial charge in [-0.3, -0.25) is 0 Å². The van der Waals surface area contributed by atoms with Crippen LogP contribution in [0.15, 0.2) is 0 Å². The Hall–Kier alpha value is -0.460. The number of sulfone groups is 1. The van der Waals surface area contributed by atoms with Crippen molar-refractivity contribution in [3.63, 3.8) is 0 Å². The SMILES string of the molecule is Cc1nc(CS(=O)(=O)C(C)CN)sc1C. The number of nitrogens with zero attached hydrogens (tertiary/aromatic N) is 1. The molecule has 4 nitrogen and oxygen atoms in total. The Labute approximate surface area is 94.4 Å². The molecule has 0 aromatic carbocycles. The summed E-state index contributed by atoms with van der Waals surface area (Å²) in [6.07, 6.45) is 0. The van der Waals surface area contributed by atoms with Crippen LogP contribution in [0, 0.1) is 13.8 Å². The highest BCUT2D eigenvalue weighted by atomic mass is 32.2. The predicted molar refractivity (Wildman–Crippen MR) is 62.7 cm³/mol. The molecular formula is C9H16N2O2S2. The monoisotopic (exact) mass is 248 g/mol. The third-order valence-corrected chi connectivity index (χ3v) is 5.69. The van der Waals surface area contributed by atoms with Crippen LogP contribution >= 0.6 is 11.3 Å². The number of hydrogen-bond acceptors (Lipinski definition) is 5. The number of aryl methyl sites for hydroxylation is 2. The Kier molecular flexibility index (Phi) is 3.86. The minimum atomic E-state index is -3.14. The zero-order valence-electron chi connectivity index (χ0n) is 9.15. The fourth-order valence-corrected chi connectivity index (χ4v) is 3.51. The maximum absolute atomic E-state index is 11.7. The molecule has 0 saturated heterocycles. The first-order valence-corrected chi connectivity index (χ1v) is 7.24. The van der Waals surface area contributed by atoms with Crippen LogP contribution in [0.4, 0.5) is 0 Å². The molecule has 0 spiro atoms. The van der Waals surface area contributed by atoms with Gasteiger partial charge in [0.1, 0.15) is 10.8 Å². The van der Waals surface area contributed by atoms with Gasteiger partial charge in [0, 0.05) is 11.4 Å². The smallest absolute Gasteiger partial charge is 0.160 e. The quantitative estimate of drug-likeness (QED) is 0.863. The van der Waals surface area contributed by atoms with Crippen LogP contribution in [0.3, 0.4) is 0 Å². The molecule has 0 bridgehead atoms. The molecule has 0 saturated carbocycles. The predicted octanol–water partition coefficient (Wildman–Crippen LogP) is 1.02. The van der Waals surface area contributed by atoms with E-state index in [4.69, 9.17) is 5.73 Å². The second-order valence-corrected chi connectivity index (χ2v) is 7.31. The summed E-state index contributed by atoms with van der Waals surface area (Å²) in [6, 6.07) is 0. The molecule has 1 heterocycles. The number of rotatable bonds is 4. The number of nitrogens with two attached hydrogens (primary N) is 1. The molecule has 15 heavy (non-hydrogen) atoms. The van der Waals surface area contributed by atoms with E-state index in [1.807, 2.05) is 13.8 Å². The maximum atomic E-state index is 11.7. The van der Waals surface area contributed by atoms with E-state index in [0.29, 0.717) is 5.01 Å². The zero-order chi connectivity index (χ0) is 11.6. The van der Waals surface area contributed by atoms with Gasteiger partial charge in [-0.1, -0.05) is 0 Å². The van der Waals surface area contributed by atoms with Gasteiger partial charge in [-0.25, -0.2) is 13.4 Å². The summed E-state index contributed by atoms with van der Waals surface area (Å²) in [5, 5.41) is 0.160. The molecular weight excluding hydrogens is 232 g/mol. The molecule has 6 heteroatoms. The summed E-state index contributed by atoms with van der Waals surface area (Å²) in [7, 11) is -3.14. The highest BCUT2D eigenvalue weighted by molar-refractivity contribution is 7.91. The fraction of sp³-hybridized carbons (Fsp3) is 0.667. The fourth-order valence-electron chi connectivity index (χ4n) is 1.06. The lowest BCUT2D eigenvalue weighted by Crippen LogP contribution is -2.27. The van der Waals surface area contributed by atoms with Crippen LogP contribution in [0.1, 0.15) is 22.5 Å². The van der Waals surface area contributed by atoms with Gasteiger partial charge in [-0.05, 0) is 20.8 Å². The highest BCUT2D eigenvalue weighted by Gasteiger charge is 2.21. The lowest BCUT2D eigenvalue weighted by atomic mass is 10.4. The molecule has 0 aliphatic heterocycles. The number of hydrogen-bond donors (Lipinski definition) is 1. The van der Waals surface area contributed by atoms with Crippen molar-refractivity contribution in [1.82, 2.24) is 4.98 Å². The average Bonchev–Trinajstić information content (AvgIpc) is 2.43. The minimum absolute atomic E-state index is 0.00468. The van der Waals surface area contributed by atoms with Gasteiger partial charge < -0.3 is 5.73 Å². The van der Waals surface area contributed by atoms with E-state index in [2.05, 4.69) is 4.98 Å². The van der Waals surface area contributed by atoms with Gasteiger partial charge in [0.25, 0.3) is 0 Å². The molecule has 1 aromatic heterocycles. The van der Waals surface area contributed by atoms with E-state index >= 15 is 0 Å². The molecule has 1 unspecified atom stereocenters. The van der Waals surface area contributed by atoms with E-state index in [1.165, 1.54) is 11.3 Å². The Morgan fingerprint density at radius 2 is 2.07 bits per heavy atom. The van der Waals surface area contributed by atoms with Crippen LogP contribution in [0.25, 0.3) is 0 Å². The highest BCUT2D eigenvalue weighted by Crippen LogP contribution is 2.19. The molecule has 1 aromatic rings. The van der Waals surface area contributed by atoms with Gasteiger partial charge in [0.15, 0.2) is 9.84 Å². The first-order chi connectivity index (χ1) is 6.86. The summed E-state index contributed by atoms with van der Waals surface area (Å²) in [5.74, 6) is 0.00468. The Balaban J connectivity index is 2.87. The van der Waals surface area contributed by atoms with E-state index < -0.39 is 15.1 Å². The Bertz CT molecular complexity index is 417. The van der Waals surface area contributed by atoms with Crippen molar-refractivity contribution in [2.75, 3.05) is 6.54 Å². The van der Waals surface area contributed by atoms with Gasteiger partial charge in [-0.15, -0.1) is 11.3 Å². The van der Waals surface area contributed by atoms with Crippen LogP contribution in [0.5, 0.6) is 0 Å². The van der Waals surface area contributed by atoms with Crippen molar-refractivity contribution in [2.24, 2.45) is 5.73 Å². The summed E-state index contributed by atoms with van der Waals surface area (Å²) in [6.45, 7) is 5.61. The van der Waals surface area contributed by atoms with Crippen LogP contribution in [0.2, 0.25) is 0 Å². The normalized spacial score (nSPS) is 14.1. The minimum Gasteiger partial charge on any atom is -0.329 e. The molecule has 0 aliphatic rings. The van der Waals surface area contributed by atoms with Crippen molar-refractivity contribution >= 4 is 21.2 Å². The van der Waals surface area contributed by atoms with Crippen molar-refractivity contribution in [3.05, 3.63) is 15.6 Å². The average molecular weight is 248 g/mol. The molecule has 86 valence electrons. The van der Waals surface area contributed by atoms with Gasteiger partial charge in [-0.2, -0.15) is 0 Å². The van der Waals surface area contributed by atoms with Crippen molar-refractivity contribution < 1.29 is 8.42 Å². The molecule has 0 radical (unpaired) electrons. The summed E-state index contributed by atoms with van der Waals surface area (Å²) < 4.78 is 23.5. The first-order valence-electron chi connectivity index (χ1n) is 4.71.